The Hall–Kier alpha value is 3.33. The molecule has 0 saturated carbocycles. The SMILES string of the molecule is [Cl-].[Cl-].[Cl-].[Cl-].[Cl-].[Cl-].[Cl-].[Ir+3].[Ir]. The maximum absolute atomic E-state index is 0. The molecular weight excluding hydrogens is 633 g/mol. The zero-order valence-corrected chi connectivity index (χ0v) is 13.4. The van der Waals surface area contributed by atoms with E-state index < -0.39 is 0 Å². The van der Waals surface area contributed by atoms with Crippen molar-refractivity contribution in [1.82, 2.24) is 0 Å². The normalized spacial score (nSPS) is 0. The second kappa shape index (κ2) is 109. The van der Waals surface area contributed by atoms with Gasteiger partial charge in [-0.1, -0.05) is 0 Å². The van der Waals surface area contributed by atoms with Gasteiger partial charge < -0.3 is 86.8 Å². The van der Waals surface area contributed by atoms with Gasteiger partial charge in [-0.3, -0.25) is 0 Å². The monoisotopic (exact) mass is 631 g/mol. The van der Waals surface area contributed by atoms with E-state index in [4.69, 9.17) is 0 Å². The van der Waals surface area contributed by atoms with Crippen molar-refractivity contribution in [3.8, 4) is 0 Å². The van der Waals surface area contributed by atoms with Crippen LogP contribution in [-0.4, -0.2) is 0 Å². The van der Waals surface area contributed by atoms with Gasteiger partial charge in [0.05, 0.1) is 0 Å². The van der Waals surface area contributed by atoms with Crippen molar-refractivity contribution in [2.45, 2.75) is 0 Å². The molecule has 0 rings (SSSR count). The fourth-order valence-corrected chi connectivity index (χ4v) is 0. The van der Waals surface area contributed by atoms with E-state index in [1.165, 1.54) is 0 Å². The summed E-state index contributed by atoms with van der Waals surface area (Å²) in [5.41, 5.74) is 0. The Morgan fingerprint density at radius 1 is 0.333 bits per heavy atom. The number of hydrogen-bond donors (Lipinski definition) is 0. The molecule has 0 aliphatic carbocycles. The average molecular weight is 633 g/mol. The molecule has 9 heavy (non-hydrogen) atoms. The summed E-state index contributed by atoms with van der Waals surface area (Å²) in [4.78, 5) is 0. The van der Waals surface area contributed by atoms with Gasteiger partial charge in [-0.25, -0.2) is 0 Å². The quantitative estimate of drug-likeness (QED) is 0.249. The fourth-order valence-electron chi connectivity index (χ4n) is 0. The third-order valence-electron chi connectivity index (χ3n) is 0. The van der Waals surface area contributed by atoms with Crippen LogP contribution >= 0.6 is 0 Å². The predicted molar refractivity (Wildman–Crippen MR) is 0 cm³/mol. The first-order valence-corrected chi connectivity index (χ1v) is 0. The van der Waals surface area contributed by atoms with Gasteiger partial charge in [-0.15, -0.1) is 0 Å². The molecule has 0 unspecified atom stereocenters. The smallest absolute Gasteiger partial charge is 1.00 e. The van der Waals surface area contributed by atoms with Crippen molar-refractivity contribution in [3.63, 3.8) is 0 Å². The van der Waals surface area contributed by atoms with Gasteiger partial charge in [0, 0.05) is 20.1 Å². The van der Waals surface area contributed by atoms with E-state index in [1.807, 2.05) is 0 Å². The number of hydrogen-bond acceptors (Lipinski definition) is 0. The minimum absolute atomic E-state index is 0. The Morgan fingerprint density at radius 2 is 0.333 bits per heavy atom. The first-order valence-electron chi connectivity index (χ1n) is 0. The molecule has 0 heterocycles. The summed E-state index contributed by atoms with van der Waals surface area (Å²) >= 11 is 0. The van der Waals surface area contributed by atoms with Crippen LogP contribution in [0.15, 0.2) is 0 Å². The van der Waals surface area contributed by atoms with E-state index in [-0.39, 0.29) is 127 Å². The molecule has 0 amide bonds. The summed E-state index contributed by atoms with van der Waals surface area (Å²) in [6, 6.07) is 0. The van der Waals surface area contributed by atoms with Crippen molar-refractivity contribution < 1.29 is 127 Å². The summed E-state index contributed by atoms with van der Waals surface area (Å²) in [6.07, 6.45) is 0. The summed E-state index contributed by atoms with van der Waals surface area (Å²) in [5.74, 6) is 0. The molecule has 0 saturated heterocycles. The summed E-state index contributed by atoms with van der Waals surface area (Å²) < 4.78 is 0. The van der Waals surface area contributed by atoms with Crippen molar-refractivity contribution in [2.75, 3.05) is 0 Å². The molecule has 0 aromatic rings. The molecule has 0 aliphatic rings. The average Bonchev–Trinajstić information content (AvgIpc) is 0. The van der Waals surface area contributed by atoms with E-state index in [0.717, 1.165) is 0 Å². The number of rotatable bonds is 0. The van der Waals surface area contributed by atoms with Crippen LogP contribution in [0.4, 0.5) is 0 Å². The molecule has 9 heteroatoms. The number of halogens is 7. The Balaban J connectivity index is 0. The zero-order valence-electron chi connectivity index (χ0n) is 3.31. The largest absolute Gasteiger partial charge is 3.00 e. The Morgan fingerprint density at radius 3 is 0.333 bits per heavy atom. The summed E-state index contributed by atoms with van der Waals surface area (Å²) in [6.45, 7) is 0. The minimum Gasteiger partial charge on any atom is -1.00 e. The molecule has 71 valence electrons. The molecule has 0 N–H and O–H groups in total. The molecular formula is Cl7Ir2-4. The van der Waals surface area contributed by atoms with Crippen molar-refractivity contribution in [2.24, 2.45) is 0 Å². The molecule has 0 aromatic carbocycles. The van der Waals surface area contributed by atoms with Gasteiger partial charge in [-0.05, 0) is 0 Å². The first-order chi connectivity index (χ1) is 0. The van der Waals surface area contributed by atoms with Crippen LogP contribution in [0.1, 0.15) is 0 Å². The molecule has 0 fully saturated rings. The Labute approximate surface area is 125 Å². The van der Waals surface area contributed by atoms with Gasteiger partial charge >= 0.3 is 20.1 Å². The second-order valence-corrected chi connectivity index (χ2v) is 0. The molecule has 0 bridgehead atoms. The van der Waals surface area contributed by atoms with E-state index in [0.29, 0.717) is 0 Å². The molecule has 0 atom stereocenters. The van der Waals surface area contributed by atoms with Gasteiger partial charge in [0.15, 0.2) is 0 Å². The maximum atomic E-state index is 0. The zero-order chi connectivity index (χ0) is 0. The van der Waals surface area contributed by atoms with Crippen molar-refractivity contribution >= 4 is 0 Å². The molecule has 0 nitrogen and oxygen atoms in total. The van der Waals surface area contributed by atoms with Crippen LogP contribution in [-0.2, 0) is 40.2 Å². The van der Waals surface area contributed by atoms with Crippen LogP contribution in [0, 0.1) is 0 Å². The van der Waals surface area contributed by atoms with Crippen LogP contribution < -0.4 is 86.8 Å². The van der Waals surface area contributed by atoms with Crippen LogP contribution in [0.3, 0.4) is 0 Å². The molecule has 0 aliphatic heterocycles. The van der Waals surface area contributed by atoms with Gasteiger partial charge in [0.1, 0.15) is 0 Å². The third-order valence-corrected chi connectivity index (χ3v) is 0. The molecule has 0 aromatic heterocycles. The van der Waals surface area contributed by atoms with Crippen LogP contribution in [0.5, 0.6) is 0 Å². The summed E-state index contributed by atoms with van der Waals surface area (Å²) in [5, 5.41) is 0. The molecule has 0 spiro atoms. The Bertz CT molecular complexity index is 6.88. The van der Waals surface area contributed by atoms with E-state index in [2.05, 4.69) is 0 Å². The third kappa shape index (κ3) is 89.0. The maximum Gasteiger partial charge on any atom is 3.00 e. The van der Waals surface area contributed by atoms with E-state index >= 15 is 0 Å². The second-order valence-electron chi connectivity index (χ2n) is 0. The fraction of sp³-hybridized carbons (Fsp3) is 0. The molecule has 1 radical (unpaired) electrons. The van der Waals surface area contributed by atoms with Crippen LogP contribution in [0.25, 0.3) is 0 Å². The summed E-state index contributed by atoms with van der Waals surface area (Å²) in [7, 11) is 0. The van der Waals surface area contributed by atoms with E-state index in [9.17, 15) is 0 Å². The van der Waals surface area contributed by atoms with E-state index in [1.54, 1.807) is 0 Å². The van der Waals surface area contributed by atoms with Gasteiger partial charge in [0.2, 0.25) is 0 Å². The van der Waals surface area contributed by atoms with Crippen molar-refractivity contribution in [1.29, 1.82) is 0 Å². The minimum atomic E-state index is 0. The topological polar surface area (TPSA) is 0 Å². The van der Waals surface area contributed by atoms with Crippen molar-refractivity contribution in [3.05, 3.63) is 0 Å². The van der Waals surface area contributed by atoms with Crippen LogP contribution in [0.2, 0.25) is 0 Å². The standard InChI is InChI=1S/7ClH.2Ir/h7*1H;;/q;;;;;;;;+3/p-7. The first kappa shape index (κ1) is 143. The van der Waals surface area contributed by atoms with Gasteiger partial charge in [0.25, 0.3) is 0 Å². The predicted octanol–water partition coefficient (Wildman–Crippen LogP) is -21.0. The Kier molecular flexibility index (Phi) is 1730. The van der Waals surface area contributed by atoms with Gasteiger partial charge in [-0.2, -0.15) is 0 Å².